The van der Waals surface area contributed by atoms with Crippen LogP contribution in [0.4, 0.5) is 0 Å². The molecule has 1 rings (SSSR count). The standard InChI is InChI=1S/C5H11N3S/c6-1-2-7-5-8-3-4-9-5/h1-4,6H2,(H,7,8). The Morgan fingerprint density at radius 1 is 1.78 bits per heavy atom. The van der Waals surface area contributed by atoms with E-state index in [9.17, 15) is 0 Å². The van der Waals surface area contributed by atoms with Crippen LogP contribution < -0.4 is 11.1 Å². The van der Waals surface area contributed by atoms with E-state index in [1.54, 1.807) is 11.8 Å². The Morgan fingerprint density at radius 2 is 2.67 bits per heavy atom. The highest BCUT2D eigenvalue weighted by atomic mass is 32.2. The Kier molecular flexibility index (Phi) is 2.86. The molecule has 0 saturated carbocycles. The molecule has 0 saturated heterocycles. The molecular formula is C5H11N3S. The molecule has 0 spiro atoms. The van der Waals surface area contributed by atoms with E-state index in [1.807, 2.05) is 0 Å². The van der Waals surface area contributed by atoms with Gasteiger partial charge in [0.1, 0.15) is 0 Å². The number of hydrogen-bond acceptors (Lipinski definition) is 4. The number of hydrogen-bond donors (Lipinski definition) is 2. The van der Waals surface area contributed by atoms with Crippen molar-refractivity contribution < 1.29 is 0 Å². The number of amidine groups is 1. The minimum atomic E-state index is 0.680. The number of thioether (sulfide) groups is 1. The predicted molar refractivity (Wildman–Crippen MR) is 41.8 cm³/mol. The molecule has 0 unspecified atom stereocenters. The Morgan fingerprint density at radius 3 is 3.22 bits per heavy atom. The predicted octanol–water partition coefficient (Wildman–Crippen LogP) is -0.362. The molecule has 0 fully saturated rings. The molecule has 0 bridgehead atoms. The molecular weight excluding hydrogens is 134 g/mol. The van der Waals surface area contributed by atoms with Gasteiger partial charge >= 0.3 is 0 Å². The van der Waals surface area contributed by atoms with Crippen molar-refractivity contribution in [3.63, 3.8) is 0 Å². The van der Waals surface area contributed by atoms with Gasteiger partial charge in [-0.25, -0.2) is 0 Å². The summed E-state index contributed by atoms with van der Waals surface area (Å²) in [5, 5.41) is 4.18. The van der Waals surface area contributed by atoms with Gasteiger partial charge in [-0.2, -0.15) is 0 Å². The summed E-state index contributed by atoms with van der Waals surface area (Å²) < 4.78 is 0. The third-order valence-corrected chi connectivity index (χ3v) is 1.94. The zero-order valence-electron chi connectivity index (χ0n) is 5.26. The maximum atomic E-state index is 5.28. The van der Waals surface area contributed by atoms with Gasteiger partial charge in [-0.1, -0.05) is 11.8 Å². The molecule has 0 aromatic heterocycles. The minimum absolute atomic E-state index is 0.680. The highest BCUT2D eigenvalue weighted by Crippen LogP contribution is 2.07. The van der Waals surface area contributed by atoms with Crippen molar-refractivity contribution in [3.05, 3.63) is 0 Å². The summed E-state index contributed by atoms with van der Waals surface area (Å²) in [6.45, 7) is 2.48. The fourth-order valence-electron chi connectivity index (χ4n) is 0.621. The molecule has 0 aromatic carbocycles. The zero-order valence-corrected chi connectivity index (χ0v) is 6.08. The zero-order chi connectivity index (χ0) is 6.53. The van der Waals surface area contributed by atoms with E-state index in [1.165, 1.54) is 0 Å². The maximum absolute atomic E-state index is 5.28. The van der Waals surface area contributed by atoms with Crippen LogP contribution in [0, 0.1) is 0 Å². The fraction of sp³-hybridized carbons (Fsp3) is 0.800. The van der Waals surface area contributed by atoms with Gasteiger partial charge in [-0.3, -0.25) is 4.99 Å². The van der Waals surface area contributed by atoms with E-state index in [0.717, 1.165) is 24.0 Å². The second-order valence-electron chi connectivity index (χ2n) is 1.75. The van der Waals surface area contributed by atoms with Gasteiger partial charge < -0.3 is 11.1 Å². The molecule has 1 aliphatic rings. The van der Waals surface area contributed by atoms with Crippen molar-refractivity contribution in [2.75, 3.05) is 25.4 Å². The van der Waals surface area contributed by atoms with Gasteiger partial charge in [0.15, 0.2) is 5.17 Å². The lowest BCUT2D eigenvalue weighted by Gasteiger charge is -1.99. The van der Waals surface area contributed by atoms with Crippen LogP contribution in [0.15, 0.2) is 4.99 Å². The third-order valence-electron chi connectivity index (χ3n) is 1.01. The second kappa shape index (κ2) is 3.74. The monoisotopic (exact) mass is 145 g/mol. The van der Waals surface area contributed by atoms with Gasteiger partial charge in [0.2, 0.25) is 0 Å². The van der Waals surface area contributed by atoms with Gasteiger partial charge in [0.25, 0.3) is 0 Å². The lowest BCUT2D eigenvalue weighted by molar-refractivity contribution is 0.882. The molecule has 3 nitrogen and oxygen atoms in total. The van der Waals surface area contributed by atoms with Crippen LogP contribution in [0.25, 0.3) is 0 Å². The van der Waals surface area contributed by atoms with E-state index in [0.29, 0.717) is 6.54 Å². The molecule has 52 valence electrons. The number of nitrogens with two attached hydrogens (primary N) is 1. The van der Waals surface area contributed by atoms with Gasteiger partial charge in [-0.05, 0) is 0 Å². The van der Waals surface area contributed by atoms with Gasteiger partial charge in [0.05, 0.1) is 6.54 Å². The summed E-state index contributed by atoms with van der Waals surface area (Å²) in [7, 11) is 0. The summed E-state index contributed by atoms with van der Waals surface area (Å²) in [5.41, 5.74) is 5.28. The van der Waals surface area contributed by atoms with E-state index in [2.05, 4.69) is 10.3 Å². The summed E-state index contributed by atoms with van der Waals surface area (Å²) >= 11 is 1.77. The largest absolute Gasteiger partial charge is 0.364 e. The number of nitrogens with one attached hydrogen (secondary N) is 1. The van der Waals surface area contributed by atoms with Crippen LogP contribution in [0.1, 0.15) is 0 Å². The Bertz CT molecular complexity index is 113. The minimum Gasteiger partial charge on any atom is -0.364 e. The van der Waals surface area contributed by atoms with E-state index >= 15 is 0 Å². The topological polar surface area (TPSA) is 50.4 Å². The molecule has 9 heavy (non-hydrogen) atoms. The Labute approximate surface area is 59.1 Å². The first kappa shape index (κ1) is 6.89. The summed E-state index contributed by atoms with van der Waals surface area (Å²) in [6, 6.07) is 0. The maximum Gasteiger partial charge on any atom is 0.156 e. The van der Waals surface area contributed by atoms with Crippen molar-refractivity contribution >= 4 is 16.9 Å². The smallest absolute Gasteiger partial charge is 0.156 e. The van der Waals surface area contributed by atoms with Crippen LogP contribution in [-0.4, -0.2) is 30.6 Å². The van der Waals surface area contributed by atoms with Gasteiger partial charge in [-0.15, -0.1) is 0 Å². The second-order valence-corrected chi connectivity index (χ2v) is 2.83. The summed E-state index contributed by atoms with van der Waals surface area (Å²) in [6.07, 6.45) is 0. The Balaban J connectivity index is 2.11. The molecule has 1 aliphatic heterocycles. The quantitative estimate of drug-likeness (QED) is 0.558. The summed E-state index contributed by atoms with van der Waals surface area (Å²) in [5.74, 6) is 1.12. The van der Waals surface area contributed by atoms with Crippen molar-refractivity contribution in [1.82, 2.24) is 5.32 Å². The van der Waals surface area contributed by atoms with Crippen LogP contribution in [0.2, 0.25) is 0 Å². The highest BCUT2D eigenvalue weighted by Gasteiger charge is 2.03. The van der Waals surface area contributed by atoms with Crippen molar-refractivity contribution in [2.45, 2.75) is 0 Å². The van der Waals surface area contributed by atoms with Crippen LogP contribution in [-0.2, 0) is 0 Å². The average molecular weight is 145 g/mol. The van der Waals surface area contributed by atoms with Crippen LogP contribution in [0.5, 0.6) is 0 Å². The van der Waals surface area contributed by atoms with Crippen LogP contribution in [0.3, 0.4) is 0 Å². The number of aliphatic imine (C=N–C) groups is 1. The molecule has 1 heterocycles. The lowest BCUT2D eigenvalue weighted by atomic mass is 10.7. The molecule has 0 atom stereocenters. The van der Waals surface area contributed by atoms with Crippen LogP contribution >= 0.6 is 11.8 Å². The SMILES string of the molecule is NCCNC1=NCCS1. The molecule has 0 aromatic rings. The van der Waals surface area contributed by atoms with E-state index in [4.69, 9.17) is 5.73 Å². The fourth-order valence-corrected chi connectivity index (χ4v) is 1.38. The van der Waals surface area contributed by atoms with Gasteiger partial charge in [0, 0.05) is 18.8 Å². The first-order valence-electron chi connectivity index (χ1n) is 3.04. The average Bonchev–Trinajstić information content (AvgIpc) is 2.34. The van der Waals surface area contributed by atoms with E-state index < -0.39 is 0 Å². The normalized spacial score (nSPS) is 17.7. The molecule has 0 aliphatic carbocycles. The van der Waals surface area contributed by atoms with E-state index in [-0.39, 0.29) is 0 Å². The number of rotatable bonds is 2. The first-order chi connectivity index (χ1) is 4.43. The lowest BCUT2D eigenvalue weighted by Crippen LogP contribution is -2.25. The van der Waals surface area contributed by atoms with Crippen molar-refractivity contribution in [1.29, 1.82) is 0 Å². The van der Waals surface area contributed by atoms with Crippen molar-refractivity contribution in [3.8, 4) is 0 Å². The summed E-state index contributed by atoms with van der Waals surface area (Å²) in [4.78, 5) is 4.19. The molecule has 4 heteroatoms. The third kappa shape index (κ3) is 2.24. The molecule has 3 N–H and O–H groups in total. The van der Waals surface area contributed by atoms with Crippen molar-refractivity contribution in [2.24, 2.45) is 10.7 Å². The highest BCUT2D eigenvalue weighted by molar-refractivity contribution is 8.14. The molecule has 0 radical (unpaired) electrons. The Hall–Kier alpha value is -0.220. The first-order valence-corrected chi connectivity index (χ1v) is 4.03. The molecule has 0 amide bonds. The number of nitrogens with zero attached hydrogens (tertiary/aromatic N) is 1.